The van der Waals surface area contributed by atoms with Gasteiger partial charge in [-0.05, 0) is 18.2 Å². The van der Waals surface area contributed by atoms with Crippen molar-refractivity contribution >= 4 is 11.9 Å². The van der Waals surface area contributed by atoms with E-state index in [1.807, 2.05) is 0 Å². The molecule has 0 saturated carbocycles. The molecular formula is C12H14O5. The molecule has 0 atom stereocenters. The number of carboxylic acids is 1. The highest BCUT2D eigenvalue weighted by Gasteiger charge is 2.01. The van der Waals surface area contributed by atoms with Gasteiger partial charge in [-0.2, -0.15) is 0 Å². The van der Waals surface area contributed by atoms with Gasteiger partial charge >= 0.3 is 11.9 Å². The SMILES string of the molecule is C=COC(C)=O.COc1cccc(C(=O)O)c1. The van der Waals surface area contributed by atoms with Crippen LogP contribution in [0.5, 0.6) is 5.75 Å². The topological polar surface area (TPSA) is 72.8 Å². The molecule has 0 unspecified atom stereocenters. The molecule has 0 aliphatic heterocycles. The Morgan fingerprint density at radius 1 is 1.41 bits per heavy atom. The molecule has 17 heavy (non-hydrogen) atoms. The smallest absolute Gasteiger partial charge is 0.335 e. The number of esters is 1. The van der Waals surface area contributed by atoms with E-state index in [4.69, 9.17) is 9.84 Å². The summed E-state index contributed by atoms with van der Waals surface area (Å²) in [5.74, 6) is -0.709. The number of methoxy groups -OCH3 is 1. The Morgan fingerprint density at radius 3 is 2.41 bits per heavy atom. The van der Waals surface area contributed by atoms with Gasteiger partial charge in [-0.15, -0.1) is 0 Å². The molecule has 5 heteroatoms. The first-order chi connectivity index (χ1) is 8.01. The summed E-state index contributed by atoms with van der Waals surface area (Å²) in [5.41, 5.74) is 0.240. The van der Waals surface area contributed by atoms with Gasteiger partial charge in [0.2, 0.25) is 0 Å². The Labute approximate surface area is 99.3 Å². The third kappa shape index (κ3) is 6.72. The fraction of sp³-hybridized carbons (Fsp3) is 0.167. The summed E-state index contributed by atoms with van der Waals surface area (Å²) in [6.45, 7) is 4.48. The predicted octanol–water partition coefficient (Wildman–Crippen LogP) is 2.09. The molecule has 0 heterocycles. The van der Waals surface area contributed by atoms with Crippen LogP contribution in [0.1, 0.15) is 17.3 Å². The van der Waals surface area contributed by atoms with Crippen molar-refractivity contribution in [2.45, 2.75) is 6.92 Å². The van der Waals surface area contributed by atoms with Gasteiger partial charge in [0, 0.05) is 6.92 Å². The second-order valence-electron chi connectivity index (χ2n) is 2.81. The number of benzene rings is 1. The number of carboxylic acid groups (broad SMARTS) is 1. The van der Waals surface area contributed by atoms with Crippen LogP contribution in [0.3, 0.4) is 0 Å². The zero-order valence-corrected chi connectivity index (χ0v) is 9.67. The average Bonchev–Trinajstić information content (AvgIpc) is 2.29. The van der Waals surface area contributed by atoms with Crippen LogP contribution >= 0.6 is 0 Å². The van der Waals surface area contributed by atoms with E-state index in [1.54, 1.807) is 12.1 Å². The molecule has 0 aliphatic rings. The Kier molecular flexibility index (Phi) is 6.85. The highest BCUT2D eigenvalue weighted by Crippen LogP contribution is 2.11. The maximum Gasteiger partial charge on any atom is 0.335 e. The lowest BCUT2D eigenvalue weighted by Gasteiger charge is -1.98. The monoisotopic (exact) mass is 238 g/mol. The van der Waals surface area contributed by atoms with Crippen molar-refractivity contribution in [3.05, 3.63) is 42.7 Å². The van der Waals surface area contributed by atoms with Crippen LogP contribution in [0.25, 0.3) is 0 Å². The van der Waals surface area contributed by atoms with Crippen LogP contribution in [0.2, 0.25) is 0 Å². The van der Waals surface area contributed by atoms with Crippen molar-refractivity contribution in [1.29, 1.82) is 0 Å². The van der Waals surface area contributed by atoms with Crippen LogP contribution in [0, 0.1) is 0 Å². The predicted molar refractivity (Wildman–Crippen MR) is 61.9 cm³/mol. The summed E-state index contributed by atoms with van der Waals surface area (Å²) in [4.78, 5) is 20.2. The van der Waals surface area contributed by atoms with Crippen molar-refractivity contribution in [3.63, 3.8) is 0 Å². The first-order valence-corrected chi connectivity index (χ1v) is 4.66. The summed E-state index contributed by atoms with van der Waals surface area (Å²) < 4.78 is 9.01. The minimum Gasteiger partial charge on any atom is -0.497 e. The number of carbonyl (C=O) groups excluding carboxylic acids is 1. The molecule has 0 amide bonds. The molecule has 1 N–H and O–H groups in total. The summed E-state index contributed by atoms with van der Waals surface area (Å²) >= 11 is 0. The molecule has 0 radical (unpaired) electrons. The maximum absolute atomic E-state index is 10.4. The summed E-state index contributed by atoms with van der Waals surface area (Å²) in [7, 11) is 1.50. The minimum absolute atomic E-state index is 0.240. The van der Waals surface area contributed by atoms with E-state index >= 15 is 0 Å². The van der Waals surface area contributed by atoms with E-state index in [2.05, 4.69) is 11.3 Å². The Morgan fingerprint density at radius 2 is 2.06 bits per heavy atom. The molecule has 0 spiro atoms. The van der Waals surface area contributed by atoms with Crippen molar-refractivity contribution in [3.8, 4) is 5.75 Å². The van der Waals surface area contributed by atoms with Crippen LogP contribution < -0.4 is 4.74 Å². The lowest BCUT2D eigenvalue weighted by molar-refractivity contribution is -0.135. The maximum atomic E-state index is 10.4. The average molecular weight is 238 g/mol. The van der Waals surface area contributed by atoms with Gasteiger partial charge < -0.3 is 14.6 Å². The van der Waals surface area contributed by atoms with Crippen molar-refractivity contribution in [2.75, 3.05) is 7.11 Å². The highest BCUT2D eigenvalue weighted by atomic mass is 16.5. The summed E-state index contributed by atoms with van der Waals surface area (Å²) in [6, 6.07) is 6.34. The Bertz CT molecular complexity index is 398. The number of hydrogen-bond donors (Lipinski definition) is 1. The minimum atomic E-state index is -0.941. The largest absolute Gasteiger partial charge is 0.497 e. The van der Waals surface area contributed by atoms with Crippen molar-refractivity contribution in [1.82, 2.24) is 0 Å². The van der Waals surface area contributed by atoms with Crippen LogP contribution in [0.4, 0.5) is 0 Å². The molecule has 5 nitrogen and oxygen atoms in total. The number of ether oxygens (including phenoxy) is 2. The van der Waals surface area contributed by atoms with E-state index < -0.39 is 5.97 Å². The highest BCUT2D eigenvalue weighted by molar-refractivity contribution is 5.87. The van der Waals surface area contributed by atoms with E-state index in [1.165, 1.54) is 26.2 Å². The standard InChI is InChI=1S/C8H8O3.C4H6O2/c1-11-7-4-2-3-6(5-7)8(9)10;1-3-6-4(2)5/h2-5H,1H3,(H,9,10);3H,1H2,2H3. The zero-order chi connectivity index (χ0) is 13.3. The second-order valence-corrected chi connectivity index (χ2v) is 2.81. The van der Waals surface area contributed by atoms with E-state index in [0.29, 0.717) is 5.75 Å². The summed E-state index contributed by atoms with van der Waals surface area (Å²) in [6.07, 6.45) is 1.10. The number of aromatic carboxylic acids is 1. The Balaban J connectivity index is 0.000000366. The molecule has 0 aromatic heterocycles. The van der Waals surface area contributed by atoms with Gasteiger partial charge in [-0.3, -0.25) is 4.79 Å². The van der Waals surface area contributed by atoms with Crippen molar-refractivity contribution in [2.24, 2.45) is 0 Å². The van der Waals surface area contributed by atoms with Gasteiger partial charge in [-0.1, -0.05) is 12.6 Å². The van der Waals surface area contributed by atoms with Gasteiger partial charge in [0.25, 0.3) is 0 Å². The molecule has 92 valence electrons. The lowest BCUT2D eigenvalue weighted by Crippen LogP contribution is -1.95. The number of carbonyl (C=O) groups is 2. The number of hydrogen-bond acceptors (Lipinski definition) is 4. The third-order valence-corrected chi connectivity index (χ3v) is 1.57. The quantitative estimate of drug-likeness (QED) is 0.644. The molecule has 1 rings (SSSR count). The van der Waals surface area contributed by atoms with E-state index in [9.17, 15) is 9.59 Å². The first-order valence-electron chi connectivity index (χ1n) is 4.66. The molecule has 1 aromatic carbocycles. The molecule has 0 fully saturated rings. The van der Waals surface area contributed by atoms with Crippen LogP contribution in [-0.4, -0.2) is 24.2 Å². The molecular weight excluding hydrogens is 224 g/mol. The fourth-order valence-corrected chi connectivity index (χ4v) is 0.873. The van der Waals surface area contributed by atoms with E-state index in [0.717, 1.165) is 6.26 Å². The molecule has 1 aromatic rings. The first kappa shape index (κ1) is 14.7. The van der Waals surface area contributed by atoms with Crippen molar-refractivity contribution < 1.29 is 24.2 Å². The molecule has 0 bridgehead atoms. The van der Waals surface area contributed by atoms with Gasteiger partial charge in [-0.25, -0.2) is 4.79 Å². The normalized spacial score (nSPS) is 8.35. The molecule has 0 saturated heterocycles. The Hall–Kier alpha value is -2.30. The zero-order valence-electron chi connectivity index (χ0n) is 9.67. The van der Waals surface area contributed by atoms with Gasteiger partial charge in [0.1, 0.15) is 5.75 Å². The van der Waals surface area contributed by atoms with Crippen LogP contribution in [0.15, 0.2) is 37.1 Å². The van der Waals surface area contributed by atoms with E-state index in [-0.39, 0.29) is 11.5 Å². The van der Waals surface area contributed by atoms with Crippen LogP contribution in [-0.2, 0) is 9.53 Å². The third-order valence-electron chi connectivity index (χ3n) is 1.57. The fourth-order valence-electron chi connectivity index (χ4n) is 0.873. The lowest BCUT2D eigenvalue weighted by atomic mass is 10.2. The van der Waals surface area contributed by atoms with Gasteiger partial charge in [0.05, 0.1) is 18.9 Å². The van der Waals surface area contributed by atoms with Gasteiger partial charge in [0.15, 0.2) is 0 Å². The number of rotatable bonds is 3. The summed E-state index contributed by atoms with van der Waals surface area (Å²) in [5, 5.41) is 8.55. The second kappa shape index (κ2) is 7.92. The molecule has 0 aliphatic carbocycles.